The number of allylic oxidation sites excluding steroid dienone is 1. The summed E-state index contributed by atoms with van der Waals surface area (Å²) in [6.45, 7) is 6.53. The summed E-state index contributed by atoms with van der Waals surface area (Å²) in [4.78, 5) is 21.3. The fourth-order valence-corrected chi connectivity index (χ4v) is 2.55. The highest BCUT2D eigenvalue weighted by molar-refractivity contribution is 6.09. The Balaban J connectivity index is 1.88. The molecule has 2 heterocycles. The summed E-state index contributed by atoms with van der Waals surface area (Å²) in [6.07, 6.45) is 3.48. The lowest BCUT2D eigenvalue weighted by Crippen LogP contribution is -2.43. The molecule has 0 saturated carbocycles. The van der Waals surface area contributed by atoms with Gasteiger partial charge in [0.2, 0.25) is 5.95 Å². The summed E-state index contributed by atoms with van der Waals surface area (Å²) in [6, 6.07) is 0. The van der Waals surface area contributed by atoms with Gasteiger partial charge in [-0.05, 0) is 20.8 Å². The molecule has 1 aromatic heterocycles. The van der Waals surface area contributed by atoms with Crippen LogP contribution in [-0.2, 0) is 9.47 Å². The average Bonchev–Trinajstić information content (AvgIpc) is 2.53. The Labute approximate surface area is 158 Å². The van der Waals surface area contributed by atoms with Gasteiger partial charge in [0.25, 0.3) is 0 Å². The minimum absolute atomic E-state index is 0.0243. The zero-order valence-corrected chi connectivity index (χ0v) is 15.9. The van der Waals surface area contributed by atoms with Crippen molar-refractivity contribution in [3.8, 4) is 0 Å². The van der Waals surface area contributed by atoms with E-state index in [0.717, 1.165) is 0 Å². The van der Waals surface area contributed by atoms with E-state index < -0.39 is 5.60 Å². The maximum atomic E-state index is 12.1. The van der Waals surface area contributed by atoms with Gasteiger partial charge in [-0.25, -0.2) is 9.78 Å². The quantitative estimate of drug-likeness (QED) is 0.449. The van der Waals surface area contributed by atoms with Crippen molar-refractivity contribution in [1.29, 1.82) is 5.41 Å². The number of likely N-dealkylation sites (tertiary alicyclic amines) is 1. The normalized spacial score (nSPS) is 16.1. The molecule has 0 atom stereocenters. The van der Waals surface area contributed by atoms with Crippen molar-refractivity contribution < 1.29 is 14.3 Å². The maximum absolute atomic E-state index is 12.1. The fourth-order valence-electron chi connectivity index (χ4n) is 2.55. The van der Waals surface area contributed by atoms with Gasteiger partial charge >= 0.3 is 6.09 Å². The average molecular weight is 377 g/mol. The van der Waals surface area contributed by atoms with E-state index in [1.165, 1.54) is 12.3 Å². The van der Waals surface area contributed by atoms with Gasteiger partial charge in [-0.15, -0.1) is 0 Å². The Kier molecular flexibility index (Phi) is 6.09. The van der Waals surface area contributed by atoms with Crippen LogP contribution in [0.2, 0.25) is 0 Å². The van der Waals surface area contributed by atoms with Crippen molar-refractivity contribution >= 4 is 23.6 Å². The molecule has 2 rings (SSSR count). The molecule has 10 heteroatoms. The predicted octanol–water partition coefficient (Wildman–Crippen LogP) is 1.23. The van der Waals surface area contributed by atoms with Crippen LogP contribution >= 0.6 is 0 Å². The van der Waals surface area contributed by atoms with Crippen LogP contribution in [0, 0.1) is 5.41 Å². The number of nitrogen functional groups attached to an aromatic ring is 2. The number of amides is 1. The molecule has 1 fully saturated rings. The SMILES string of the molecule is CC(C)(C)OC(=O)N1CCC(O/C(N)=C/C(=N)c2cnc(N)nc2N)CC1. The summed E-state index contributed by atoms with van der Waals surface area (Å²) < 4.78 is 11.1. The second-order valence-electron chi connectivity index (χ2n) is 7.27. The number of nitrogens with two attached hydrogens (primary N) is 3. The number of anilines is 2. The van der Waals surface area contributed by atoms with Crippen molar-refractivity contribution in [1.82, 2.24) is 14.9 Å². The van der Waals surface area contributed by atoms with Crippen LogP contribution in [0.25, 0.3) is 0 Å². The predicted molar refractivity (Wildman–Crippen MR) is 102 cm³/mol. The highest BCUT2D eigenvalue weighted by Crippen LogP contribution is 2.19. The molecular weight excluding hydrogens is 350 g/mol. The zero-order valence-electron chi connectivity index (χ0n) is 15.9. The molecule has 1 aliphatic heterocycles. The molecule has 0 aliphatic carbocycles. The number of hydrogen-bond donors (Lipinski definition) is 4. The van der Waals surface area contributed by atoms with Crippen molar-refractivity contribution in [2.24, 2.45) is 5.73 Å². The van der Waals surface area contributed by atoms with Crippen LogP contribution in [0.1, 0.15) is 39.2 Å². The monoisotopic (exact) mass is 377 g/mol. The molecule has 0 unspecified atom stereocenters. The highest BCUT2D eigenvalue weighted by atomic mass is 16.6. The van der Waals surface area contributed by atoms with Gasteiger partial charge in [0.05, 0.1) is 11.3 Å². The van der Waals surface area contributed by atoms with Crippen LogP contribution in [0.3, 0.4) is 0 Å². The largest absolute Gasteiger partial charge is 0.476 e. The van der Waals surface area contributed by atoms with Crippen LogP contribution in [0.4, 0.5) is 16.6 Å². The molecule has 7 N–H and O–H groups in total. The van der Waals surface area contributed by atoms with Gasteiger partial charge in [-0.3, -0.25) is 5.41 Å². The first-order valence-corrected chi connectivity index (χ1v) is 8.64. The number of nitrogens with one attached hydrogen (secondary N) is 1. The zero-order chi connectivity index (χ0) is 20.2. The number of aromatic nitrogens is 2. The minimum atomic E-state index is -0.522. The van der Waals surface area contributed by atoms with Gasteiger partial charge in [-0.2, -0.15) is 4.98 Å². The number of rotatable bonds is 4. The lowest BCUT2D eigenvalue weighted by molar-refractivity contribution is 0.00416. The summed E-state index contributed by atoms with van der Waals surface area (Å²) in [5.41, 5.74) is 16.9. The molecule has 1 aliphatic rings. The van der Waals surface area contributed by atoms with Crippen LogP contribution < -0.4 is 17.2 Å². The van der Waals surface area contributed by atoms with Crippen LogP contribution in [0.5, 0.6) is 0 Å². The molecule has 0 aromatic carbocycles. The third-order valence-electron chi connectivity index (χ3n) is 3.81. The first kappa shape index (κ1) is 20.3. The molecule has 148 valence electrons. The minimum Gasteiger partial charge on any atom is -0.476 e. The molecular formula is C17H27N7O3. The molecule has 27 heavy (non-hydrogen) atoms. The lowest BCUT2D eigenvalue weighted by atomic mass is 10.1. The molecule has 0 radical (unpaired) electrons. The molecule has 0 spiro atoms. The lowest BCUT2D eigenvalue weighted by Gasteiger charge is -2.33. The number of nitrogens with zero attached hydrogens (tertiary/aromatic N) is 3. The smallest absolute Gasteiger partial charge is 0.410 e. The molecule has 10 nitrogen and oxygen atoms in total. The number of carbonyl (C=O) groups excluding carboxylic acids is 1. The highest BCUT2D eigenvalue weighted by Gasteiger charge is 2.27. The number of hydrogen-bond acceptors (Lipinski definition) is 9. The third kappa shape index (κ3) is 6.01. The van der Waals surface area contributed by atoms with E-state index in [9.17, 15) is 4.79 Å². The van der Waals surface area contributed by atoms with Gasteiger partial charge in [0, 0.05) is 38.2 Å². The Hall–Kier alpha value is -3.04. The Morgan fingerprint density at radius 2 is 1.96 bits per heavy atom. The molecule has 1 aromatic rings. The van der Waals surface area contributed by atoms with Gasteiger partial charge < -0.3 is 31.6 Å². The number of piperidine rings is 1. The van der Waals surface area contributed by atoms with E-state index in [0.29, 0.717) is 31.5 Å². The fraction of sp³-hybridized carbons (Fsp3) is 0.529. The van der Waals surface area contributed by atoms with Crippen molar-refractivity contribution in [2.75, 3.05) is 24.6 Å². The van der Waals surface area contributed by atoms with Crippen LogP contribution in [0.15, 0.2) is 18.2 Å². The summed E-state index contributed by atoms with van der Waals surface area (Å²) in [5.74, 6) is 0.225. The first-order valence-electron chi connectivity index (χ1n) is 8.64. The maximum Gasteiger partial charge on any atom is 0.410 e. The van der Waals surface area contributed by atoms with E-state index >= 15 is 0 Å². The first-order chi connectivity index (χ1) is 12.5. The molecule has 0 bridgehead atoms. The number of ether oxygens (including phenoxy) is 2. The van der Waals surface area contributed by atoms with Crippen molar-refractivity contribution in [3.05, 3.63) is 23.7 Å². The molecule has 1 amide bonds. The molecule has 1 saturated heterocycles. The Bertz CT molecular complexity index is 735. The van der Waals surface area contributed by atoms with Gasteiger partial charge in [0.15, 0.2) is 5.88 Å². The third-order valence-corrected chi connectivity index (χ3v) is 3.81. The second kappa shape index (κ2) is 8.11. The van der Waals surface area contributed by atoms with E-state index in [1.54, 1.807) is 4.90 Å². The van der Waals surface area contributed by atoms with E-state index in [-0.39, 0.29) is 35.6 Å². The summed E-state index contributed by atoms with van der Waals surface area (Å²) >= 11 is 0. The van der Waals surface area contributed by atoms with Crippen molar-refractivity contribution in [2.45, 2.75) is 45.3 Å². The Morgan fingerprint density at radius 1 is 1.33 bits per heavy atom. The summed E-state index contributed by atoms with van der Waals surface area (Å²) in [7, 11) is 0. The topological polar surface area (TPSA) is 166 Å². The van der Waals surface area contributed by atoms with Crippen LogP contribution in [-0.4, -0.2) is 51.5 Å². The van der Waals surface area contributed by atoms with Crippen molar-refractivity contribution in [3.63, 3.8) is 0 Å². The van der Waals surface area contributed by atoms with E-state index in [1.807, 2.05) is 20.8 Å². The summed E-state index contributed by atoms with van der Waals surface area (Å²) in [5, 5.41) is 8.05. The van der Waals surface area contributed by atoms with Gasteiger partial charge in [0.1, 0.15) is 17.5 Å². The standard InChI is InChI=1S/C17H27N7O3/c1-17(2,3)27-16(25)24-6-4-10(5-7-24)26-13(19)8-12(18)11-9-22-15(21)23-14(11)20/h8-10,18H,4-7,19H2,1-3H3,(H4,20,21,22,23)/b13-8+,18-12?. The second-order valence-corrected chi connectivity index (χ2v) is 7.27. The number of carbonyl (C=O) groups is 1. The van der Waals surface area contributed by atoms with Gasteiger partial charge in [-0.1, -0.05) is 0 Å². The Morgan fingerprint density at radius 3 is 2.52 bits per heavy atom. The van der Waals surface area contributed by atoms with E-state index in [4.69, 9.17) is 32.1 Å². The van der Waals surface area contributed by atoms with E-state index in [2.05, 4.69) is 9.97 Å².